The van der Waals surface area contributed by atoms with Gasteiger partial charge in [0.1, 0.15) is 17.8 Å². The maximum Gasteiger partial charge on any atom is 0.344 e. The van der Waals surface area contributed by atoms with E-state index in [0.717, 1.165) is 5.56 Å². The van der Waals surface area contributed by atoms with Crippen molar-refractivity contribution in [3.63, 3.8) is 0 Å². The molecule has 1 unspecified atom stereocenters. The number of imide groups is 1. The maximum absolute atomic E-state index is 12.9. The molecule has 32 heavy (non-hydrogen) atoms. The SMILES string of the molecule is CC1(CCc2ccccc2)NC(=O)N(NC(=O)CN2C(=O)CCOc3ccccc32)C1=O. The summed E-state index contributed by atoms with van der Waals surface area (Å²) in [7, 11) is 0. The summed E-state index contributed by atoms with van der Waals surface area (Å²) in [4.78, 5) is 51.9. The maximum atomic E-state index is 12.9. The quantitative estimate of drug-likeness (QED) is 0.671. The Bertz CT molecular complexity index is 1060. The molecule has 0 saturated carbocycles. The summed E-state index contributed by atoms with van der Waals surface area (Å²) in [5.74, 6) is -0.992. The lowest BCUT2D eigenvalue weighted by atomic mass is 9.93. The Morgan fingerprint density at radius 3 is 2.59 bits per heavy atom. The molecule has 2 aromatic carbocycles. The molecule has 1 fully saturated rings. The van der Waals surface area contributed by atoms with Crippen LogP contribution in [-0.4, -0.2) is 47.5 Å². The molecule has 0 aromatic heterocycles. The van der Waals surface area contributed by atoms with E-state index in [9.17, 15) is 19.2 Å². The number of hydrazine groups is 1. The first kappa shape index (κ1) is 21.4. The zero-order valence-electron chi connectivity index (χ0n) is 17.7. The van der Waals surface area contributed by atoms with Crippen LogP contribution in [0.4, 0.5) is 10.5 Å². The second kappa shape index (κ2) is 8.70. The monoisotopic (exact) mass is 436 g/mol. The normalized spacial score (nSPS) is 20.3. The molecule has 0 aliphatic carbocycles. The van der Waals surface area contributed by atoms with Gasteiger partial charge >= 0.3 is 6.03 Å². The number of carbonyl (C=O) groups is 4. The van der Waals surface area contributed by atoms with Crippen LogP contribution in [-0.2, 0) is 20.8 Å². The Hall–Kier alpha value is -3.88. The number of aryl methyl sites for hydroxylation is 1. The van der Waals surface area contributed by atoms with Crippen LogP contribution in [0.1, 0.15) is 25.3 Å². The number of anilines is 1. The molecule has 1 atom stereocenters. The minimum Gasteiger partial charge on any atom is -0.491 e. The van der Waals surface area contributed by atoms with Gasteiger partial charge in [0.05, 0.1) is 18.7 Å². The highest BCUT2D eigenvalue weighted by Crippen LogP contribution is 2.30. The smallest absolute Gasteiger partial charge is 0.344 e. The summed E-state index contributed by atoms with van der Waals surface area (Å²) in [6.45, 7) is 1.49. The van der Waals surface area contributed by atoms with E-state index in [1.165, 1.54) is 4.90 Å². The van der Waals surface area contributed by atoms with Crippen LogP contribution in [0.5, 0.6) is 5.75 Å². The molecule has 9 heteroatoms. The minimum absolute atomic E-state index is 0.114. The standard InChI is InChI=1S/C23H24N4O5/c1-23(13-11-16-7-3-2-4-8-16)21(30)27(22(31)24-23)25-19(28)15-26-17-9-5-6-10-18(17)32-14-12-20(26)29/h2-10H,11-15H2,1H3,(H,24,31)(H,25,28). The Morgan fingerprint density at radius 2 is 1.81 bits per heavy atom. The van der Waals surface area contributed by atoms with Crippen LogP contribution in [0.25, 0.3) is 0 Å². The molecule has 2 aliphatic rings. The molecule has 0 bridgehead atoms. The van der Waals surface area contributed by atoms with Gasteiger partial charge in [-0.15, -0.1) is 0 Å². The number of benzene rings is 2. The van der Waals surface area contributed by atoms with Crippen molar-refractivity contribution < 1.29 is 23.9 Å². The predicted octanol–water partition coefficient (Wildman–Crippen LogP) is 1.78. The van der Waals surface area contributed by atoms with E-state index in [1.807, 2.05) is 30.3 Å². The fourth-order valence-corrected chi connectivity index (χ4v) is 3.79. The first-order valence-electron chi connectivity index (χ1n) is 10.4. The summed E-state index contributed by atoms with van der Waals surface area (Å²) in [6.07, 6.45) is 1.08. The Kier molecular flexibility index (Phi) is 5.81. The predicted molar refractivity (Wildman–Crippen MR) is 116 cm³/mol. The highest BCUT2D eigenvalue weighted by molar-refractivity contribution is 6.08. The lowest BCUT2D eigenvalue weighted by molar-refractivity contribution is -0.138. The average Bonchev–Trinajstić information content (AvgIpc) is 2.90. The number of hydrogen-bond donors (Lipinski definition) is 2. The van der Waals surface area contributed by atoms with Crippen molar-refractivity contribution in [3.8, 4) is 5.75 Å². The molecule has 9 nitrogen and oxygen atoms in total. The third-order valence-corrected chi connectivity index (χ3v) is 5.59. The van der Waals surface area contributed by atoms with Crippen molar-refractivity contribution in [2.24, 2.45) is 0 Å². The zero-order valence-corrected chi connectivity index (χ0v) is 17.7. The number of rotatable bonds is 6. The molecule has 1 saturated heterocycles. The number of nitrogens with one attached hydrogen (secondary N) is 2. The molecular formula is C23H24N4O5. The Labute approximate surface area is 185 Å². The van der Waals surface area contributed by atoms with Crippen LogP contribution >= 0.6 is 0 Å². The zero-order chi connectivity index (χ0) is 22.7. The number of fused-ring (bicyclic) bond motifs is 1. The molecule has 0 radical (unpaired) electrons. The van der Waals surface area contributed by atoms with Gasteiger partial charge in [-0.2, -0.15) is 5.01 Å². The van der Waals surface area contributed by atoms with Crippen LogP contribution in [0, 0.1) is 0 Å². The second-order valence-electron chi connectivity index (χ2n) is 7.97. The molecule has 2 aliphatic heterocycles. The Morgan fingerprint density at radius 1 is 1.09 bits per heavy atom. The first-order valence-corrected chi connectivity index (χ1v) is 10.4. The average molecular weight is 436 g/mol. The van der Waals surface area contributed by atoms with Gasteiger partial charge < -0.3 is 10.1 Å². The van der Waals surface area contributed by atoms with E-state index < -0.39 is 23.4 Å². The molecule has 2 N–H and O–H groups in total. The van der Waals surface area contributed by atoms with Crippen molar-refractivity contribution in [2.45, 2.75) is 31.7 Å². The topological polar surface area (TPSA) is 108 Å². The van der Waals surface area contributed by atoms with Crippen LogP contribution in [0.2, 0.25) is 0 Å². The van der Waals surface area contributed by atoms with E-state index in [4.69, 9.17) is 4.74 Å². The number of amides is 5. The first-order chi connectivity index (χ1) is 15.4. The van der Waals surface area contributed by atoms with Crippen molar-refractivity contribution in [3.05, 3.63) is 60.2 Å². The summed E-state index contributed by atoms with van der Waals surface area (Å²) in [6, 6.07) is 15.8. The van der Waals surface area contributed by atoms with Gasteiger partial charge in [0.15, 0.2) is 0 Å². The molecular weight excluding hydrogens is 412 g/mol. The molecule has 2 heterocycles. The second-order valence-corrected chi connectivity index (χ2v) is 7.97. The molecule has 2 aromatic rings. The van der Waals surface area contributed by atoms with Gasteiger partial charge in [0.25, 0.3) is 11.8 Å². The molecule has 5 amide bonds. The fraction of sp³-hybridized carbons (Fsp3) is 0.304. The lowest BCUT2D eigenvalue weighted by Gasteiger charge is -2.24. The van der Waals surface area contributed by atoms with E-state index in [0.29, 0.717) is 29.3 Å². The molecule has 4 rings (SSSR count). The van der Waals surface area contributed by atoms with E-state index in [-0.39, 0.29) is 25.5 Å². The number of nitrogens with zero attached hydrogens (tertiary/aromatic N) is 2. The van der Waals surface area contributed by atoms with E-state index in [1.54, 1.807) is 31.2 Å². The third kappa shape index (κ3) is 4.27. The Balaban J connectivity index is 1.42. The van der Waals surface area contributed by atoms with Crippen molar-refractivity contribution in [1.82, 2.24) is 15.8 Å². The van der Waals surface area contributed by atoms with Gasteiger partial charge in [-0.25, -0.2) is 4.79 Å². The third-order valence-electron chi connectivity index (χ3n) is 5.59. The lowest BCUT2D eigenvalue weighted by Crippen LogP contribution is -2.52. The van der Waals surface area contributed by atoms with E-state index in [2.05, 4.69) is 10.7 Å². The highest BCUT2D eigenvalue weighted by Gasteiger charge is 2.48. The summed E-state index contributed by atoms with van der Waals surface area (Å²) in [5, 5.41) is 3.36. The number of urea groups is 1. The number of hydrogen-bond acceptors (Lipinski definition) is 5. The van der Waals surface area contributed by atoms with Gasteiger partial charge in [-0.1, -0.05) is 42.5 Å². The number of ether oxygens (including phenoxy) is 1. The van der Waals surface area contributed by atoms with Crippen molar-refractivity contribution in [1.29, 1.82) is 0 Å². The molecule has 166 valence electrons. The van der Waals surface area contributed by atoms with Crippen molar-refractivity contribution in [2.75, 3.05) is 18.1 Å². The highest BCUT2D eigenvalue weighted by atomic mass is 16.5. The largest absolute Gasteiger partial charge is 0.491 e. The van der Waals surface area contributed by atoms with Gasteiger partial charge in [-0.05, 0) is 37.5 Å². The van der Waals surface area contributed by atoms with E-state index >= 15 is 0 Å². The van der Waals surface area contributed by atoms with Gasteiger partial charge in [-0.3, -0.25) is 24.7 Å². The summed E-state index contributed by atoms with van der Waals surface area (Å²) >= 11 is 0. The van der Waals surface area contributed by atoms with Crippen LogP contribution < -0.4 is 20.4 Å². The van der Waals surface area contributed by atoms with Gasteiger partial charge in [0.2, 0.25) is 5.91 Å². The van der Waals surface area contributed by atoms with Crippen LogP contribution in [0.15, 0.2) is 54.6 Å². The fourth-order valence-electron chi connectivity index (χ4n) is 3.79. The minimum atomic E-state index is -1.14. The number of para-hydroxylation sites is 2. The van der Waals surface area contributed by atoms with Crippen molar-refractivity contribution >= 4 is 29.4 Å². The van der Waals surface area contributed by atoms with Crippen LogP contribution in [0.3, 0.4) is 0 Å². The number of carbonyl (C=O) groups excluding carboxylic acids is 4. The molecule has 0 spiro atoms. The van der Waals surface area contributed by atoms with Gasteiger partial charge in [0, 0.05) is 0 Å². The summed E-state index contributed by atoms with van der Waals surface area (Å²) in [5.41, 5.74) is 2.72. The summed E-state index contributed by atoms with van der Waals surface area (Å²) < 4.78 is 5.57.